The van der Waals surface area contributed by atoms with Gasteiger partial charge >= 0.3 is 0 Å². The van der Waals surface area contributed by atoms with Crippen LogP contribution in [0.15, 0.2) is 24.5 Å². The lowest BCUT2D eigenvalue weighted by Crippen LogP contribution is -2.17. The molecular weight excluding hydrogens is 136 g/mol. The molecule has 1 fully saturated rings. The summed E-state index contributed by atoms with van der Waals surface area (Å²) in [7, 11) is 0. The first-order chi connectivity index (χ1) is 5.47. The molecule has 0 unspecified atom stereocenters. The topological polar surface area (TPSA) is 16.1 Å². The Kier molecular flexibility index (Phi) is 1.76. The Morgan fingerprint density at radius 3 is 3.09 bits per heavy atom. The van der Waals surface area contributed by atoms with E-state index in [9.17, 15) is 0 Å². The van der Waals surface area contributed by atoms with Gasteiger partial charge in [0.15, 0.2) is 0 Å². The SMILES string of the molecule is [CH]1CCN(c2cccnc2)C1. The van der Waals surface area contributed by atoms with Crippen LogP contribution in [0.25, 0.3) is 0 Å². The molecule has 2 heteroatoms. The Morgan fingerprint density at radius 2 is 2.45 bits per heavy atom. The third-order valence-corrected chi connectivity index (χ3v) is 1.96. The van der Waals surface area contributed by atoms with Crippen molar-refractivity contribution >= 4 is 5.69 Å². The maximum Gasteiger partial charge on any atom is 0.0552 e. The minimum atomic E-state index is 1.08. The van der Waals surface area contributed by atoms with Crippen molar-refractivity contribution in [2.75, 3.05) is 18.0 Å². The molecule has 57 valence electrons. The van der Waals surface area contributed by atoms with Crippen LogP contribution in [-0.2, 0) is 0 Å². The molecule has 1 radical (unpaired) electrons. The molecule has 2 rings (SSSR count). The zero-order valence-electron chi connectivity index (χ0n) is 6.40. The van der Waals surface area contributed by atoms with Gasteiger partial charge in [-0.15, -0.1) is 0 Å². The lowest BCUT2D eigenvalue weighted by molar-refractivity contribution is 0.961. The molecule has 1 aromatic rings. The highest BCUT2D eigenvalue weighted by atomic mass is 15.1. The summed E-state index contributed by atoms with van der Waals surface area (Å²) >= 11 is 0. The van der Waals surface area contributed by atoms with E-state index in [1.165, 1.54) is 12.1 Å². The summed E-state index contributed by atoms with van der Waals surface area (Å²) in [5.74, 6) is 0. The Morgan fingerprint density at radius 1 is 1.45 bits per heavy atom. The molecular formula is C9H11N2. The van der Waals surface area contributed by atoms with Crippen LogP contribution >= 0.6 is 0 Å². The fourth-order valence-corrected chi connectivity index (χ4v) is 1.36. The number of rotatable bonds is 1. The maximum atomic E-state index is 4.07. The molecule has 1 saturated heterocycles. The van der Waals surface area contributed by atoms with Crippen LogP contribution in [0.4, 0.5) is 5.69 Å². The lowest BCUT2D eigenvalue weighted by atomic mass is 10.4. The van der Waals surface area contributed by atoms with E-state index in [1.54, 1.807) is 0 Å². The predicted molar refractivity (Wildman–Crippen MR) is 45.4 cm³/mol. The minimum Gasteiger partial charge on any atom is -0.370 e. The number of hydrogen-bond donors (Lipinski definition) is 0. The van der Waals surface area contributed by atoms with Crippen molar-refractivity contribution < 1.29 is 0 Å². The van der Waals surface area contributed by atoms with Crippen LogP contribution in [0.2, 0.25) is 0 Å². The molecule has 2 nitrogen and oxygen atoms in total. The van der Waals surface area contributed by atoms with Crippen LogP contribution < -0.4 is 4.90 Å². The van der Waals surface area contributed by atoms with Gasteiger partial charge in [-0.25, -0.2) is 0 Å². The molecule has 1 aromatic heterocycles. The van der Waals surface area contributed by atoms with Crippen molar-refractivity contribution in [1.82, 2.24) is 4.98 Å². The third-order valence-electron chi connectivity index (χ3n) is 1.96. The second-order valence-electron chi connectivity index (χ2n) is 2.73. The molecule has 0 aliphatic carbocycles. The molecule has 0 bridgehead atoms. The Hall–Kier alpha value is -1.05. The van der Waals surface area contributed by atoms with E-state index in [0.717, 1.165) is 13.1 Å². The zero-order chi connectivity index (χ0) is 7.52. The molecule has 0 spiro atoms. The molecule has 0 aromatic carbocycles. The van der Waals surface area contributed by atoms with E-state index >= 15 is 0 Å². The minimum absolute atomic E-state index is 1.08. The molecule has 0 atom stereocenters. The standard InChI is InChI=1S/C9H11N2/c1-2-7-11(6-1)9-4-3-5-10-8-9/h1,3-5,8H,2,6-7H2. The number of pyridine rings is 1. The fourth-order valence-electron chi connectivity index (χ4n) is 1.36. The van der Waals surface area contributed by atoms with Gasteiger partial charge in [-0.05, 0) is 25.0 Å². The normalized spacial score (nSPS) is 17.3. The van der Waals surface area contributed by atoms with E-state index < -0.39 is 0 Å². The molecule has 1 aliphatic heterocycles. The van der Waals surface area contributed by atoms with Gasteiger partial charge in [0.05, 0.1) is 11.9 Å². The van der Waals surface area contributed by atoms with Gasteiger partial charge in [-0.3, -0.25) is 4.98 Å². The number of hydrogen-bond acceptors (Lipinski definition) is 2. The average molecular weight is 147 g/mol. The first-order valence-corrected chi connectivity index (χ1v) is 3.93. The number of nitrogens with zero attached hydrogens (tertiary/aromatic N) is 2. The molecule has 11 heavy (non-hydrogen) atoms. The largest absolute Gasteiger partial charge is 0.370 e. The molecule has 0 amide bonds. The third kappa shape index (κ3) is 1.34. The second kappa shape index (κ2) is 2.91. The fraction of sp³-hybridized carbons (Fsp3) is 0.333. The van der Waals surface area contributed by atoms with Gasteiger partial charge in [0.1, 0.15) is 0 Å². The summed E-state index contributed by atoms with van der Waals surface area (Å²) in [5, 5.41) is 0. The highest BCUT2D eigenvalue weighted by Gasteiger charge is 2.11. The lowest BCUT2D eigenvalue weighted by Gasteiger charge is -2.15. The van der Waals surface area contributed by atoms with Crippen LogP contribution in [-0.4, -0.2) is 18.1 Å². The van der Waals surface area contributed by atoms with Crippen LogP contribution in [0.3, 0.4) is 0 Å². The maximum absolute atomic E-state index is 4.07. The van der Waals surface area contributed by atoms with Crippen molar-refractivity contribution in [2.45, 2.75) is 6.42 Å². The predicted octanol–water partition coefficient (Wildman–Crippen LogP) is 1.50. The highest BCUT2D eigenvalue weighted by molar-refractivity contribution is 5.45. The molecule has 2 heterocycles. The van der Waals surface area contributed by atoms with Gasteiger partial charge in [0, 0.05) is 19.3 Å². The average Bonchev–Trinajstić information content (AvgIpc) is 2.58. The van der Waals surface area contributed by atoms with Gasteiger partial charge in [-0.2, -0.15) is 0 Å². The number of anilines is 1. The summed E-state index contributed by atoms with van der Waals surface area (Å²) in [6, 6.07) is 4.08. The van der Waals surface area contributed by atoms with E-state index in [2.05, 4.69) is 22.4 Å². The van der Waals surface area contributed by atoms with E-state index in [4.69, 9.17) is 0 Å². The Bertz CT molecular complexity index is 214. The number of aromatic nitrogens is 1. The van der Waals surface area contributed by atoms with Gasteiger partial charge < -0.3 is 4.90 Å². The van der Waals surface area contributed by atoms with E-state index in [-0.39, 0.29) is 0 Å². The van der Waals surface area contributed by atoms with E-state index in [1.807, 2.05) is 18.5 Å². The van der Waals surface area contributed by atoms with Gasteiger partial charge in [0.25, 0.3) is 0 Å². The van der Waals surface area contributed by atoms with Crippen molar-refractivity contribution in [3.63, 3.8) is 0 Å². The Labute approximate surface area is 66.9 Å². The molecule has 0 N–H and O–H groups in total. The quantitative estimate of drug-likeness (QED) is 0.598. The van der Waals surface area contributed by atoms with Crippen LogP contribution in [0.5, 0.6) is 0 Å². The zero-order valence-corrected chi connectivity index (χ0v) is 6.40. The van der Waals surface area contributed by atoms with Crippen molar-refractivity contribution in [1.29, 1.82) is 0 Å². The molecule has 1 aliphatic rings. The Balaban J connectivity index is 2.16. The van der Waals surface area contributed by atoms with E-state index in [0.29, 0.717) is 0 Å². The summed E-state index contributed by atoms with van der Waals surface area (Å²) in [6.45, 7) is 2.22. The second-order valence-corrected chi connectivity index (χ2v) is 2.73. The van der Waals surface area contributed by atoms with Crippen LogP contribution in [0, 0.1) is 6.42 Å². The first-order valence-electron chi connectivity index (χ1n) is 3.93. The van der Waals surface area contributed by atoms with Gasteiger partial charge in [0.2, 0.25) is 0 Å². The summed E-state index contributed by atoms with van der Waals surface area (Å²) < 4.78 is 0. The van der Waals surface area contributed by atoms with Crippen molar-refractivity contribution in [2.24, 2.45) is 0 Å². The summed E-state index contributed by atoms with van der Waals surface area (Å²) in [4.78, 5) is 6.40. The van der Waals surface area contributed by atoms with Crippen molar-refractivity contribution in [3.8, 4) is 0 Å². The smallest absolute Gasteiger partial charge is 0.0552 e. The first kappa shape index (κ1) is 6.65. The summed E-state index contributed by atoms with van der Waals surface area (Å²) in [5.41, 5.74) is 1.24. The summed E-state index contributed by atoms with van der Waals surface area (Å²) in [6.07, 6.45) is 7.23. The van der Waals surface area contributed by atoms with Crippen LogP contribution in [0.1, 0.15) is 6.42 Å². The highest BCUT2D eigenvalue weighted by Crippen LogP contribution is 2.16. The van der Waals surface area contributed by atoms with Gasteiger partial charge in [-0.1, -0.05) is 0 Å². The monoisotopic (exact) mass is 147 g/mol. The van der Waals surface area contributed by atoms with Crippen molar-refractivity contribution in [3.05, 3.63) is 30.9 Å². The molecule has 0 saturated carbocycles.